The lowest BCUT2D eigenvalue weighted by atomic mass is 10.2. The first-order chi connectivity index (χ1) is 10.0. The van der Waals surface area contributed by atoms with E-state index in [-0.39, 0.29) is 5.56 Å². The normalized spacial score (nSPS) is 11.2. The minimum atomic E-state index is -0.908. The smallest absolute Gasteiger partial charge is 0.339 e. The Morgan fingerprint density at radius 2 is 1.81 bits per heavy atom. The first-order valence-corrected chi connectivity index (χ1v) is 6.34. The van der Waals surface area contributed by atoms with E-state index in [1.165, 1.54) is 33.3 Å². The van der Waals surface area contributed by atoms with Gasteiger partial charge in [-0.3, -0.25) is 4.79 Å². The van der Waals surface area contributed by atoms with Crippen LogP contribution in [0.25, 0.3) is 0 Å². The summed E-state index contributed by atoms with van der Waals surface area (Å²) in [5.74, 6) is -0.0957. The highest BCUT2D eigenvalue weighted by atomic mass is 16.5. The van der Waals surface area contributed by atoms with Crippen LogP contribution in [0.1, 0.15) is 17.3 Å². The Morgan fingerprint density at radius 1 is 1.24 bits per heavy atom. The average molecular weight is 293 g/mol. The monoisotopic (exact) mass is 293 g/mol. The summed E-state index contributed by atoms with van der Waals surface area (Å²) < 4.78 is 15.2. The Labute approximate surface area is 123 Å². The molecule has 1 aromatic rings. The molecule has 1 atom stereocenters. The third-order valence-corrected chi connectivity index (χ3v) is 2.66. The van der Waals surface area contributed by atoms with Gasteiger partial charge in [-0.1, -0.05) is 6.08 Å². The maximum atomic E-state index is 12.0. The van der Waals surface area contributed by atoms with Crippen molar-refractivity contribution in [3.8, 4) is 11.5 Å². The number of esters is 1. The van der Waals surface area contributed by atoms with Crippen molar-refractivity contribution in [2.24, 2.45) is 0 Å². The van der Waals surface area contributed by atoms with Crippen molar-refractivity contribution < 1.29 is 23.8 Å². The molecule has 1 amide bonds. The Bertz CT molecular complexity index is 505. The van der Waals surface area contributed by atoms with Crippen LogP contribution >= 0.6 is 0 Å². The lowest BCUT2D eigenvalue weighted by Crippen LogP contribution is -2.35. The molecule has 1 N–H and O–H groups in total. The molecule has 0 aliphatic heterocycles. The highest BCUT2D eigenvalue weighted by molar-refractivity contribution is 5.93. The number of ether oxygens (including phenoxy) is 3. The molecule has 6 nitrogen and oxygen atoms in total. The Balaban J connectivity index is 2.79. The first kappa shape index (κ1) is 16.6. The molecule has 1 unspecified atom stereocenters. The van der Waals surface area contributed by atoms with Crippen LogP contribution in [0.5, 0.6) is 11.5 Å². The standard InChI is InChI=1S/C15H19NO5/c1-5-6-16-14(17)10(2)21-15(18)11-7-12(19-3)9-13(8-11)20-4/h5,7-10H,1,6H2,2-4H3,(H,16,17). The second kappa shape index (κ2) is 7.94. The van der Waals surface area contributed by atoms with E-state index in [1.54, 1.807) is 12.1 Å². The molecular weight excluding hydrogens is 274 g/mol. The van der Waals surface area contributed by atoms with Gasteiger partial charge in [-0.25, -0.2) is 4.79 Å². The summed E-state index contributed by atoms with van der Waals surface area (Å²) in [6.45, 7) is 5.30. The van der Waals surface area contributed by atoms with Gasteiger partial charge in [-0.05, 0) is 19.1 Å². The summed E-state index contributed by atoms with van der Waals surface area (Å²) in [7, 11) is 2.96. The van der Waals surface area contributed by atoms with E-state index < -0.39 is 18.0 Å². The van der Waals surface area contributed by atoms with Crippen LogP contribution in [0.3, 0.4) is 0 Å². The van der Waals surface area contributed by atoms with Crippen LogP contribution in [0.4, 0.5) is 0 Å². The summed E-state index contributed by atoms with van der Waals surface area (Å²) in [4.78, 5) is 23.7. The van der Waals surface area contributed by atoms with Gasteiger partial charge in [0.2, 0.25) is 0 Å². The summed E-state index contributed by atoms with van der Waals surface area (Å²) in [5.41, 5.74) is 0.245. The predicted octanol–water partition coefficient (Wildman–Crippen LogP) is 1.55. The van der Waals surface area contributed by atoms with Crippen LogP contribution in [-0.4, -0.2) is 38.7 Å². The fourth-order valence-corrected chi connectivity index (χ4v) is 1.52. The molecule has 6 heteroatoms. The van der Waals surface area contributed by atoms with Gasteiger partial charge in [0.05, 0.1) is 19.8 Å². The molecular formula is C15H19NO5. The largest absolute Gasteiger partial charge is 0.497 e. The van der Waals surface area contributed by atoms with E-state index in [9.17, 15) is 9.59 Å². The van der Waals surface area contributed by atoms with Gasteiger partial charge >= 0.3 is 5.97 Å². The molecule has 0 spiro atoms. The molecule has 0 saturated carbocycles. The summed E-state index contributed by atoms with van der Waals surface area (Å²) >= 11 is 0. The van der Waals surface area contributed by atoms with Gasteiger partial charge < -0.3 is 19.5 Å². The highest BCUT2D eigenvalue weighted by Crippen LogP contribution is 2.23. The Hall–Kier alpha value is -2.50. The van der Waals surface area contributed by atoms with Crippen molar-refractivity contribution in [2.45, 2.75) is 13.0 Å². The van der Waals surface area contributed by atoms with Gasteiger partial charge in [0.15, 0.2) is 6.10 Å². The van der Waals surface area contributed by atoms with Crippen LogP contribution in [-0.2, 0) is 9.53 Å². The molecule has 0 aromatic heterocycles. The molecule has 1 rings (SSSR count). The molecule has 0 radical (unpaired) electrons. The van der Waals surface area contributed by atoms with Crippen molar-refractivity contribution in [2.75, 3.05) is 20.8 Å². The number of methoxy groups -OCH3 is 2. The number of carbonyl (C=O) groups excluding carboxylic acids is 2. The zero-order valence-electron chi connectivity index (χ0n) is 12.3. The molecule has 0 bridgehead atoms. The molecule has 0 aliphatic carbocycles. The van der Waals surface area contributed by atoms with Crippen LogP contribution < -0.4 is 14.8 Å². The molecule has 0 fully saturated rings. The molecule has 21 heavy (non-hydrogen) atoms. The fourth-order valence-electron chi connectivity index (χ4n) is 1.52. The van der Waals surface area contributed by atoms with Crippen molar-refractivity contribution >= 4 is 11.9 Å². The zero-order chi connectivity index (χ0) is 15.8. The van der Waals surface area contributed by atoms with E-state index in [1.807, 2.05) is 0 Å². The zero-order valence-corrected chi connectivity index (χ0v) is 12.3. The minimum absolute atomic E-state index is 0.245. The van der Waals surface area contributed by atoms with Crippen LogP contribution in [0, 0.1) is 0 Å². The second-order valence-electron chi connectivity index (χ2n) is 4.18. The summed E-state index contributed by atoms with van der Waals surface area (Å²) in [6.07, 6.45) is 0.633. The first-order valence-electron chi connectivity index (χ1n) is 6.34. The number of rotatable bonds is 7. The van der Waals surface area contributed by atoms with E-state index in [0.717, 1.165) is 0 Å². The predicted molar refractivity (Wildman–Crippen MR) is 77.6 cm³/mol. The molecule has 0 saturated heterocycles. The number of nitrogens with one attached hydrogen (secondary N) is 1. The van der Waals surface area contributed by atoms with Gasteiger partial charge in [-0.2, -0.15) is 0 Å². The Morgan fingerprint density at radius 3 is 2.29 bits per heavy atom. The van der Waals surface area contributed by atoms with Crippen LogP contribution in [0.2, 0.25) is 0 Å². The second-order valence-corrected chi connectivity index (χ2v) is 4.18. The quantitative estimate of drug-likeness (QED) is 0.610. The topological polar surface area (TPSA) is 73.9 Å². The fraction of sp³-hybridized carbons (Fsp3) is 0.333. The third kappa shape index (κ3) is 4.83. The number of carbonyl (C=O) groups is 2. The molecule has 0 heterocycles. The minimum Gasteiger partial charge on any atom is -0.497 e. The van der Waals surface area contributed by atoms with Crippen molar-refractivity contribution in [1.82, 2.24) is 5.32 Å². The summed E-state index contributed by atoms with van der Waals surface area (Å²) in [6, 6.07) is 4.66. The van der Waals surface area contributed by atoms with Crippen molar-refractivity contribution in [3.05, 3.63) is 36.4 Å². The van der Waals surface area contributed by atoms with Crippen molar-refractivity contribution in [3.63, 3.8) is 0 Å². The Kier molecular flexibility index (Phi) is 6.26. The van der Waals surface area contributed by atoms with Crippen LogP contribution in [0.15, 0.2) is 30.9 Å². The van der Waals surface area contributed by atoms with Gasteiger partial charge in [-0.15, -0.1) is 6.58 Å². The van der Waals surface area contributed by atoms with E-state index in [0.29, 0.717) is 18.0 Å². The SMILES string of the molecule is C=CCNC(=O)C(C)OC(=O)c1cc(OC)cc(OC)c1. The number of benzene rings is 1. The molecule has 0 aliphatic rings. The molecule has 114 valence electrons. The summed E-state index contributed by atoms with van der Waals surface area (Å²) in [5, 5.41) is 2.55. The maximum Gasteiger partial charge on any atom is 0.339 e. The number of hydrogen-bond donors (Lipinski definition) is 1. The molecule has 1 aromatic carbocycles. The average Bonchev–Trinajstić information content (AvgIpc) is 2.51. The number of amides is 1. The van der Waals surface area contributed by atoms with E-state index >= 15 is 0 Å². The highest BCUT2D eigenvalue weighted by Gasteiger charge is 2.19. The van der Waals surface area contributed by atoms with Gasteiger partial charge in [0, 0.05) is 12.6 Å². The van der Waals surface area contributed by atoms with Gasteiger partial charge in [0.1, 0.15) is 11.5 Å². The van der Waals surface area contributed by atoms with E-state index in [2.05, 4.69) is 11.9 Å². The number of hydrogen-bond acceptors (Lipinski definition) is 5. The van der Waals surface area contributed by atoms with Gasteiger partial charge in [0.25, 0.3) is 5.91 Å². The van der Waals surface area contributed by atoms with Crippen molar-refractivity contribution in [1.29, 1.82) is 0 Å². The third-order valence-electron chi connectivity index (χ3n) is 2.66. The maximum absolute atomic E-state index is 12.0. The lowest BCUT2D eigenvalue weighted by Gasteiger charge is -2.13. The lowest BCUT2D eigenvalue weighted by molar-refractivity contribution is -0.128. The van der Waals surface area contributed by atoms with E-state index in [4.69, 9.17) is 14.2 Å².